The number of halogens is 1. The number of hydrogen-bond acceptors (Lipinski definition) is 3. The molecule has 6 nitrogen and oxygen atoms in total. The van der Waals surface area contributed by atoms with Crippen molar-refractivity contribution in [2.75, 3.05) is 26.2 Å². The lowest BCUT2D eigenvalue weighted by Crippen LogP contribution is -2.51. The van der Waals surface area contributed by atoms with Crippen LogP contribution >= 0.6 is 0 Å². The van der Waals surface area contributed by atoms with E-state index in [1.807, 2.05) is 20.8 Å². The predicted octanol–water partition coefficient (Wildman–Crippen LogP) is 2.51. The fraction of sp³-hybridized carbons (Fsp3) is 0.450. The minimum atomic E-state index is -0.365. The molecule has 1 N–H and O–H groups in total. The molecule has 0 spiro atoms. The molecule has 0 unspecified atom stereocenters. The summed E-state index contributed by atoms with van der Waals surface area (Å²) in [6, 6.07) is 6.32. The maximum Gasteiger partial charge on any atom is 0.257 e. The minimum absolute atomic E-state index is 0.0406. The lowest BCUT2D eigenvalue weighted by Gasteiger charge is -2.35. The van der Waals surface area contributed by atoms with Crippen molar-refractivity contribution in [3.8, 4) is 0 Å². The Bertz CT molecular complexity index is 838. The van der Waals surface area contributed by atoms with Crippen molar-refractivity contribution < 1.29 is 14.0 Å². The molecule has 144 valence electrons. The lowest BCUT2D eigenvalue weighted by molar-refractivity contribution is -0.132. The summed E-state index contributed by atoms with van der Waals surface area (Å²) in [6.45, 7) is 7.69. The van der Waals surface area contributed by atoms with Crippen molar-refractivity contribution >= 4 is 11.8 Å². The summed E-state index contributed by atoms with van der Waals surface area (Å²) in [5.74, 6) is -0.380. The number of H-pyrrole nitrogens is 1. The Morgan fingerprint density at radius 3 is 2.41 bits per heavy atom. The minimum Gasteiger partial charge on any atom is -0.339 e. The van der Waals surface area contributed by atoms with E-state index in [4.69, 9.17) is 0 Å². The van der Waals surface area contributed by atoms with Gasteiger partial charge in [0.05, 0.1) is 17.7 Å². The van der Waals surface area contributed by atoms with Gasteiger partial charge in [-0.25, -0.2) is 4.39 Å². The van der Waals surface area contributed by atoms with Gasteiger partial charge in [0, 0.05) is 31.9 Å². The Morgan fingerprint density at radius 1 is 1.15 bits per heavy atom. The van der Waals surface area contributed by atoms with E-state index < -0.39 is 0 Å². The molecule has 1 aromatic heterocycles. The topological polar surface area (TPSA) is 69.3 Å². The van der Waals surface area contributed by atoms with Gasteiger partial charge in [0.2, 0.25) is 5.91 Å². The Kier molecular flexibility index (Phi) is 5.58. The van der Waals surface area contributed by atoms with Crippen molar-refractivity contribution in [2.45, 2.75) is 33.1 Å². The number of carbonyl (C=O) groups excluding carboxylic acids is 2. The zero-order valence-electron chi connectivity index (χ0n) is 16.0. The predicted molar refractivity (Wildman–Crippen MR) is 100 cm³/mol. The van der Waals surface area contributed by atoms with E-state index in [2.05, 4.69) is 10.2 Å². The summed E-state index contributed by atoms with van der Waals surface area (Å²) in [6.07, 6.45) is 0.0406. The number of hydrogen-bond donors (Lipinski definition) is 1. The Morgan fingerprint density at radius 2 is 1.78 bits per heavy atom. The van der Waals surface area contributed by atoms with Crippen molar-refractivity contribution in [1.82, 2.24) is 20.0 Å². The Balaban J connectivity index is 1.62. The number of aromatic amines is 1. The average Bonchev–Trinajstić information content (AvgIpc) is 3.05. The van der Waals surface area contributed by atoms with E-state index in [-0.39, 0.29) is 30.0 Å². The molecule has 2 aromatic rings. The third-order valence-electron chi connectivity index (χ3n) is 4.96. The molecule has 1 fully saturated rings. The third kappa shape index (κ3) is 4.02. The zero-order chi connectivity index (χ0) is 19.6. The van der Waals surface area contributed by atoms with Crippen LogP contribution in [0.4, 0.5) is 4.39 Å². The van der Waals surface area contributed by atoms with Crippen molar-refractivity contribution in [1.29, 1.82) is 0 Å². The summed E-state index contributed by atoms with van der Waals surface area (Å²) in [4.78, 5) is 28.9. The second-order valence-corrected chi connectivity index (χ2v) is 7.20. The Hall–Kier alpha value is -2.70. The molecule has 3 rings (SSSR count). The van der Waals surface area contributed by atoms with Gasteiger partial charge in [-0.15, -0.1) is 0 Å². The number of carbonyl (C=O) groups is 2. The summed E-state index contributed by atoms with van der Waals surface area (Å²) in [5.41, 5.74) is 2.57. The maximum atomic E-state index is 13.8. The molecule has 1 aliphatic rings. The molecule has 0 saturated carbocycles. The van der Waals surface area contributed by atoms with Crippen molar-refractivity contribution in [3.05, 3.63) is 52.6 Å². The van der Waals surface area contributed by atoms with Crippen LogP contribution in [0, 0.1) is 12.7 Å². The van der Waals surface area contributed by atoms with Gasteiger partial charge >= 0.3 is 0 Å². The van der Waals surface area contributed by atoms with Gasteiger partial charge in [0.25, 0.3) is 5.91 Å². The normalized spacial score (nSPS) is 14.7. The highest BCUT2D eigenvalue weighted by Gasteiger charge is 2.29. The van der Waals surface area contributed by atoms with E-state index in [1.165, 1.54) is 6.07 Å². The van der Waals surface area contributed by atoms with E-state index in [0.29, 0.717) is 37.3 Å². The van der Waals surface area contributed by atoms with Crippen LogP contribution in [0.25, 0.3) is 0 Å². The SMILES string of the molecule is Cc1[nH]nc(C(C)C)c1C(=O)N1CCN(C(=O)Cc2ccccc2F)CC1. The van der Waals surface area contributed by atoms with E-state index in [0.717, 1.165) is 11.4 Å². The van der Waals surface area contributed by atoms with Crippen LogP contribution in [-0.2, 0) is 11.2 Å². The molecule has 7 heteroatoms. The number of nitrogens with one attached hydrogen (secondary N) is 1. The Labute approximate surface area is 158 Å². The van der Waals surface area contributed by atoms with Crippen LogP contribution in [-0.4, -0.2) is 58.0 Å². The first-order chi connectivity index (χ1) is 12.9. The quantitative estimate of drug-likeness (QED) is 0.897. The second kappa shape index (κ2) is 7.90. The average molecular weight is 372 g/mol. The zero-order valence-corrected chi connectivity index (χ0v) is 16.0. The molecule has 2 amide bonds. The van der Waals surface area contributed by atoms with Gasteiger partial charge in [-0.05, 0) is 24.5 Å². The van der Waals surface area contributed by atoms with Gasteiger partial charge in [-0.3, -0.25) is 14.7 Å². The van der Waals surface area contributed by atoms with Gasteiger partial charge < -0.3 is 9.80 Å². The molecule has 27 heavy (non-hydrogen) atoms. The number of benzene rings is 1. The van der Waals surface area contributed by atoms with Crippen molar-refractivity contribution in [3.63, 3.8) is 0 Å². The van der Waals surface area contributed by atoms with Gasteiger partial charge in [0.1, 0.15) is 5.82 Å². The standard InChI is InChI=1S/C20H25FN4O2/c1-13(2)19-18(14(3)22-23-19)20(27)25-10-8-24(9-11-25)17(26)12-15-6-4-5-7-16(15)21/h4-7,13H,8-12H2,1-3H3,(H,22,23). The summed E-state index contributed by atoms with van der Waals surface area (Å²) < 4.78 is 13.8. The van der Waals surface area contributed by atoms with Crippen LogP contribution in [0.1, 0.15) is 47.1 Å². The molecule has 0 radical (unpaired) electrons. The van der Waals surface area contributed by atoms with E-state index in [1.54, 1.807) is 28.0 Å². The third-order valence-corrected chi connectivity index (χ3v) is 4.96. The maximum absolute atomic E-state index is 13.8. The fourth-order valence-electron chi connectivity index (χ4n) is 3.37. The number of nitrogens with zero attached hydrogens (tertiary/aromatic N) is 3. The molecule has 1 aliphatic heterocycles. The van der Waals surface area contributed by atoms with Crippen LogP contribution in [0.3, 0.4) is 0 Å². The summed E-state index contributed by atoms with van der Waals surface area (Å²) in [7, 11) is 0. The first-order valence-corrected chi connectivity index (χ1v) is 9.23. The van der Waals surface area contributed by atoms with E-state index in [9.17, 15) is 14.0 Å². The van der Waals surface area contributed by atoms with Gasteiger partial charge in [0.15, 0.2) is 0 Å². The number of aryl methyl sites for hydroxylation is 1. The summed E-state index contributed by atoms with van der Waals surface area (Å²) >= 11 is 0. The highest BCUT2D eigenvalue weighted by molar-refractivity contribution is 5.96. The number of aromatic nitrogens is 2. The fourth-order valence-corrected chi connectivity index (χ4v) is 3.37. The molecule has 0 atom stereocenters. The highest BCUT2D eigenvalue weighted by Crippen LogP contribution is 2.22. The van der Waals surface area contributed by atoms with E-state index >= 15 is 0 Å². The van der Waals surface area contributed by atoms with Crippen LogP contribution in [0.15, 0.2) is 24.3 Å². The second-order valence-electron chi connectivity index (χ2n) is 7.20. The van der Waals surface area contributed by atoms with Crippen LogP contribution < -0.4 is 0 Å². The summed E-state index contributed by atoms with van der Waals surface area (Å²) in [5, 5.41) is 7.16. The van der Waals surface area contributed by atoms with Gasteiger partial charge in [-0.2, -0.15) is 5.10 Å². The monoisotopic (exact) mass is 372 g/mol. The number of amides is 2. The highest BCUT2D eigenvalue weighted by atomic mass is 19.1. The van der Waals surface area contributed by atoms with Crippen LogP contribution in [0.2, 0.25) is 0 Å². The first kappa shape index (κ1) is 19.1. The van der Waals surface area contributed by atoms with Crippen LogP contribution in [0.5, 0.6) is 0 Å². The molecule has 0 aliphatic carbocycles. The largest absolute Gasteiger partial charge is 0.339 e. The first-order valence-electron chi connectivity index (χ1n) is 9.23. The molecular formula is C20H25FN4O2. The van der Waals surface area contributed by atoms with Crippen molar-refractivity contribution in [2.24, 2.45) is 0 Å². The number of rotatable bonds is 4. The molecule has 1 saturated heterocycles. The molecule has 1 aromatic carbocycles. The molecule has 2 heterocycles. The number of piperazine rings is 1. The molecular weight excluding hydrogens is 347 g/mol. The lowest BCUT2D eigenvalue weighted by atomic mass is 10.0. The van der Waals surface area contributed by atoms with Gasteiger partial charge in [-0.1, -0.05) is 32.0 Å². The molecule has 0 bridgehead atoms. The smallest absolute Gasteiger partial charge is 0.257 e.